The van der Waals surface area contributed by atoms with Crippen LogP contribution in [0.15, 0.2) is 0 Å². The van der Waals surface area contributed by atoms with E-state index in [0.29, 0.717) is 0 Å². The van der Waals surface area contributed by atoms with Gasteiger partial charge in [0.25, 0.3) is 0 Å². The Hall–Kier alpha value is 0.799. The minimum atomic E-state index is 0. The fraction of sp³-hybridized carbons (Fsp3) is 0.667. The van der Waals surface area contributed by atoms with Crippen LogP contribution in [-0.2, 0) is 0 Å². The predicted octanol–water partition coefficient (Wildman–Crippen LogP) is 3.56. The summed E-state index contributed by atoms with van der Waals surface area (Å²) in [6.45, 7) is 12.0. The Balaban J connectivity index is -0.0000000150. The third-order valence-corrected chi connectivity index (χ3v) is 0. The molecule has 0 aliphatic rings. The first-order valence-electron chi connectivity index (χ1n) is 3.46. The molecule has 0 heterocycles. The van der Waals surface area contributed by atoms with Crippen molar-refractivity contribution in [1.82, 2.24) is 0 Å². The molecule has 0 N–H and O–H groups in total. The molecule has 10 heavy (non-hydrogen) atoms. The van der Waals surface area contributed by atoms with E-state index in [2.05, 4.69) is 0 Å². The molecule has 1 heteroatoms. The van der Waals surface area contributed by atoms with E-state index in [4.69, 9.17) is 0 Å². The summed E-state index contributed by atoms with van der Waals surface area (Å²) in [6, 6.07) is 0. The Morgan fingerprint density at radius 2 is 0.600 bits per heavy atom. The van der Waals surface area contributed by atoms with Gasteiger partial charge in [-0.25, -0.2) is 0 Å². The molecule has 0 fully saturated rings. The van der Waals surface area contributed by atoms with E-state index in [9.17, 15) is 0 Å². The molecular weight excluding hydrogens is 227 g/mol. The summed E-state index contributed by atoms with van der Waals surface area (Å²) in [5.41, 5.74) is 0. The second-order valence-electron chi connectivity index (χ2n) is 1.73. The molecule has 0 bridgehead atoms. The monoisotopic (exact) mass is 251 g/mol. The largest absolute Gasteiger partial charge is 0.0625 e. The number of rotatable bonds is 0. The smallest absolute Gasteiger partial charge is 0 e. The van der Waals surface area contributed by atoms with Crippen molar-refractivity contribution in [2.75, 3.05) is 0 Å². The van der Waals surface area contributed by atoms with Gasteiger partial charge in [-0.05, 0) is 19.3 Å². The Labute approximate surface area is 86.2 Å². The standard InChI is InChI=1S/3C3H7.Sn.H2/c3*1-3-2;;/h3*3H,1-2H3;;1H. The van der Waals surface area contributed by atoms with Crippen molar-refractivity contribution >= 4 is 23.9 Å². The molecule has 0 spiro atoms. The van der Waals surface area contributed by atoms with Crippen LogP contribution in [-0.4, -0.2) is 23.9 Å². The Morgan fingerprint density at radius 1 is 0.600 bits per heavy atom. The van der Waals surface area contributed by atoms with Crippen molar-refractivity contribution in [2.24, 2.45) is 0 Å². The van der Waals surface area contributed by atoms with Crippen LogP contribution in [0.3, 0.4) is 0 Å². The zero-order chi connectivity index (χ0) is 8.12. The summed E-state index contributed by atoms with van der Waals surface area (Å²) in [5.74, 6) is 0. The topological polar surface area (TPSA) is 0 Å². The molecule has 63 valence electrons. The van der Waals surface area contributed by atoms with Gasteiger partial charge in [0.05, 0.1) is 0 Å². The average molecular weight is 250 g/mol. The second-order valence-corrected chi connectivity index (χ2v) is 1.73. The van der Waals surface area contributed by atoms with Crippen molar-refractivity contribution in [1.29, 1.82) is 0 Å². The van der Waals surface area contributed by atoms with Gasteiger partial charge in [0.15, 0.2) is 0 Å². The van der Waals surface area contributed by atoms with Gasteiger partial charge in [-0.1, -0.05) is 41.5 Å². The van der Waals surface area contributed by atoms with E-state index in [-0.39, 0.29) is 25.3 Å². The molecule has 0 saturated carbocycles. The molecule has 0 unspecified atom stereocenters. The first kappa shape index (κ1) is 22.4. The fourth-order valence-electron chi connectivity index (χ4n) is 0. The number of hydrogen-bond donors (Lipinski definition) is 0. The van der Waals surface area contributed by atoms with Gasteiger partial charge in [0.2, 0.25) is 0 Å². The second kappa shape index (κ2) is 52.6. The maximum atomic E-state index is 2.00. The quantitative estimate of drug-likeness (QED) is 0.576. The molecule has 0 aromatic rings. The predicted molar refractivity (Wildman–Crippen MR) is 54.8 cm³/mol. The normalized spacial score (nSPS) is 5.40. The van der Waals surface area contributed by atoms with E-state index >= 15 is 0 Å². The molecule has 7 radical (unpaired) electrons. The van der Waals surface area contributed by atoms with Gasteiger partial charge in [-0.2, -0.15) is 0 Å². The first-order chi connectivity index (χ1) is 4.24. The van der Waals surface area contributed by atoms with Crippen LogP contribution in [0.25, 0.3) is 0 Å². The summed E-state index contributed by atoms with van der Waals surface area (Å²) in [4.78, 5) is 0. The van der Waals surface area contributed by atoms with Crippen molar-refractivity contribution in [3.05, 3.63) is 19.3 Å². The van der Waals surface area contributed by atoms with Crippen molar-refractivity contribution in [3.8, 4) is 0 Å². The van der Waals surface area contributed by atoms with E-state index in [0.717, 1.165) is 0 Å². The fourth-order valence-corrected chi connectivity index (χ4v) is 0. The van der Waals surface area contributed by atoms with Gasteiger partial charge in [-0.15, -0.1) is 0 Å². The maximum absolute atomic E-state index is 2.00. The van der Waals surface area contributed by atoms with Crippen molar-refractivity contribution in [2.45, 2.75) is 41.5 Å². The summed E-state index contributed by atoms with van der Waals surface area (Å²) >= 11 is 0. The van der Waals surface area contributed by atoms with Crippen LogP contribution >= 0.6 is 0 Å². The average Bonchev–Trinajstić information content (AvgIpc) is 1.70. The van der Waals surface area contributed by atoms with Gasteiger partial charge in [0.1, 0.15) is 0 Å². The summed E-state index contributed by atoms with van der Waals surface area (Å²) in [6.07, 6.45) is 6.00. The molecule has 0 aromatic heterocycles. The Bertz CT molecular complexity index is 14.3. The third kappa shape index (κ3) is 839. The molecule has 0 aliphatic heterocycles. The summed E-state index contributed by atoms with van der Waals surface area (Å²) < 4.78 is 0. The van der Waals surface area contributed by atoms with E-state index in [1.165, 1.54) is 0 Å². The van der Waals surface area contributed by atoms with Crippen LogP contribution in [0.2, 0.25) is 0 Å². The minimum Gasteiger partial charge on any atom is -0.0625 e. The third-order valence-electron chi connectivity index (χ3n) is 0. The van der Waals surface area contributed by atoms with Crippen LogP contribution in [0.1, 0.15) is 43.0 Å². The van der Waals surface area contributed by atoms with Gasteiger partial charge < -0.3 is 0 Å². The first-order valence-corrected chi connectivity index (χ1v) is 3.46. The Morgan fingerprint density at radius 3 is 0.600 bits per heavy atom. The molecule has 0 saturated heterocycles. The zero-order valence-electron chi connectivity index (χ0n) is 8.23. The van der Waals surface area contributed by atoms with Crippen LogP contribution in [0.4, 0.5) is 0 Å². The van der Waals surface area contributed by atoms with E-state index in [1.807, 2.05) is 60.8 Å². The minimum absolute atomic E-state index is 0. The zero-order valence-corrected chi connectivity index (χ0v) is 11.1. The summed E-state index contributed by atoms with van der Waals surface area (Å²) in [7, 11) is 0. The van der Waals surface area contributed by atoms with Gasteiger partial charge in [-0.3, -0.25) is 0 Å². The SMILES string of the molecule is C[CH]C.C[CH]C.C[CH]C.[HH].[Sn]. The number of hydrogen-bond acceptors (Lipinski definition) is 0. The van der Waals surface area contributed by atoms with Gasteiger partial charge in [0, 0.05) is 25.3 Å². The van der Waals surface area contributed by atoms with Crippen molar-refractivity contribution < 1.29 is 1.43 Å². The van der Waals surface area contributed by atoms with Crippen LogP contribution in [0, 0.1) is 19.3 Å². The van der Waals surface area contributed by atoms with Crippen molar-refractivity contribution in [3.63, 3.8) is 0 Å². The van der Waals surface area contributed by atoms with Crippen LogP contribution < -0.4 is 0 Å². The summed E-state index contributed by atoms with van der Waals surface area (Å²) in [5, 5.41) is 0. The molecular formula is C9H23Sn. The molecule has 0 aromatic carbocycles. The Kier molecular flexibility index (Phi) is 118. The molecule has 0 amide bonds. The molecule has 0 rings (SSSR count). The van der Waals surface area contributed by atoms with E-state index in [1.54, 1.807) is 0 Å². The molecule has 0 nitrogen and oxygen atoms in total. The van der Waals surface area contributed by atoms with Crippen LogP contribution in [0.5, 0.6) is 0 Å². The maximum Gasteiger partial charge on any atom is 0 e. The van der Waals surface area contributed by atoms with E-state index < -0.39 is 0 Å². The van der Waals surface area contributed by atoms with Gasteiger partial charge >= 0.3 is 0 Å². The molecule has 0 atom stereocenters. The molecule has 0 aliphatic carbocycles.